The van der Waals surface area contributed by atoms with Crippen LogP contribution in [0.3, 0.4) is 0 Å². The van der Waals surface area contributed by atoms with Gasteiger partial charge in [0.15, 0.2) is 11.5 Å². The SMILES string of the molecule is CC1=C(C)C2c3c(C)c(C)c(C)c(C)c3-n3c(nc4c(C)c(C)c(C)c(C)c43)C2C(C)=C1C.CC1=Nc2c(C)c(C)c(C)c(C)c2C1(C)C.Cc1c(C)c(C)c2c(nc(C)n2C)c1C.Cc1nc2c(C)c(C)c(C)c(C)c2o1.Cc1nc2c(C)c(C)c(C)c(C)c2s1. The van der Waals surface area contributed by atoms with Crippen molar-refractivity contribution in [3.05, 3.63) is 189 Å². The minimum Gasteiger partial charge on any atom is -0.441 e. The van der Waals surface area contributed by atoms with E-state index >= 15 is 0 Å². The quantitative estimate of drug-likeness (QED) is 0.151. The molecule has 0 fully saturated rings. The van der Waals surface area contributed by atoms with E-state index in [1.165, 1.54) is 217 Å². The lowest BCUT2D eigenvalue weighted by molar-refractivity contribution is 0.559. The lowest BCUT2D eigenvalue weighted by Gasteiger charge is -2.42. The van der Waals surface area contributed by atoms with Crippen molar-refractivity contribution in [1.29, 1.82) is 0 Å². The van der Waals surface area contributed by atoms with Crippen molar-refractivity contribution in [1.82, 2.24) is 29.1 Å². The van der Waals surface area contributed by atoms with Gasteiger partial charge in [0.25, 0.3) is 0 Å². The Hall–Kier alpha value is -7.23. The van der Waals surface area contributed by atoms with Crippen LogP contribution in [0.15, 0.2) is 31.7 Å². The maximum atomic E-state index is 5.60. The number of nitrogens with zero attached hydrogens (tertiary/aromatic N) is 7. The van der Waals surface area contributed by atoms with Gasteiger partial charge in [0.05, 0.1) is 48.7 Å². The van der Waals surface area contributed by atoms with E-state index in [-0.39, 0.29) is 11.3 Å². The van der Waals surface area contributed by atoms with Gasteiger partial charge in [-0.25, -0.2) is 19.9 Å². The van der Waals surface area contributed by atoms with Crippen molar-refractivity contribution < 1.29 is 4.42 Å². The summed E-state index contributed by atoms with van der Waals surface area (Å²) in [6, 6.07) is 0. The third-order valence-corrected chi connectivity index (χ3v) is 25.3. The topological polar surface area (TPSA) is 86.9 Å². The molecule has 9 heteroatoms. The van der Waals surface area contributed by atoms with E-state index in [0.29, 0.717) is 5.92 Å². The first kappa shape index (κ1) is 69.1. The Morgan fingerprint density at radius 3 is 1.36 bits per heavy atom. The second-order valence-electron chi connectivity index (χ2n) is 28.6. The zero-order chi connectivity index (χ0) is 68.7. The molecular formula is C83H107N7OS. The van der Waals surface area contributed by atoms with Gasteiger partial charge in [-0.3, -0.25) is 9.56 Å². The molecule has 10 aromatic rings. The molecule has 2 unspecified atom stereocenters. The molecule has 0 amide bonds. The number of aryl methyl sites for hydroxylation is 12. The van der Waals surface area contributed by atoms with Crippen molar-refractivity contribution in [2.24, 2.45) is 12.0 Å². The summed E-state index contributed by atoms with van der Waals surface area (Å²) < 4.78 is 11.7. The van der Waals surface area contributed by atoms with Gasteiger partial charge < -0.3 is 8.98 Å². The maximum absolute atomic E-state index is 5.60. The van der Waals surface area contributed by atoms with Crippen LogP contribution >= 0.6 is 11.3 Å². The summed E-state index contributed by atoms with van der Waals surface area (Å²) in [6.07, 6.45) is 0. The number of thiazole rings is 1. The van der Waals surface area contributed by atoms with E-state index in [1.54, 1.807) is 11.3 Å². The Morgan fingerprint density at radius 1 is 0.380 bits per heavy atom. The third-order valence-electron chi connectivity index (χ3n) is 24.2. The van der Waals surface area contributed by atoms with Gasteiger partial charge in [-0.1, -0.05) is 25.0 Å². The van der Waals surface area contributed by atoms with Crippen molar-refractivity contribution >= 4 is 66.1 Å². The highest BCUT2D eigenvalue weighted by Crippen LogP contribution is 2.57. The summed E-state index contributed by atoms with van der Waals surface area (Å²) in [5.74, 6) is 3.70. The number of hydrogen-bond acceptors (Lipinski definition) is 7. The summed E-state index contributed by atoms with van der Waals surface area (Å²) in [5, 5.41) is 1.16. The number of allylic oxidation sites excluding steroid dienone is 4. The van der Waals surface area contributed by atoms with Crippen LogP contribution < -0.4 is 0 Å². The van der Waals surface area contributed by atoms with Gasteiger partial charge >= 0.3 is 0 Å². The van der Waals surface area contributed by atoms with Crippen LogP contribution in [-0.4, -0.2) is 34.8 Å². The Kier molecular flexibility index (Phi) is 18.5. The van der Waals surface area contributed by atoms with E-state index in [0.717, 1.165) is 33.3 Å². The van der Waals surface area contributed by atoms with E-state index in [4.69, 9.17) is 14.4 Å². The Bertz CT molecular complexity index is 4720. The lowest BCUT2D eigenvalue weighted by atomic mass is 9.66. The van der Waals surface area contributed by atoms with Crippen LogP contribution in [0.1, 0.15) is 227 Å². The van der Waals surface area contributed by atoms with E-state index in [9.17, 15) is 0 Å². The number of benzene rings is 6. The highest BCUT2D eigenvalue weighted by Gasteiger charge is 2.44. The normalized spacial score (nSPS) is 15.4. The average molecular weight is 1250 g/mol. The molecule has 2 aliphatic heterocycles. The second-order valence-corrected chi connectivity index (χ2v) is 29.8. The van der Waals surface area contributed by atoms with Crippen molar-refractivity contribution in [2.45, 2.75) is 253 Å². The molecule has 13 rings (SSSR count). The Balaban J connectivity index is 0.000000144. The highest BCUT2D eigenvalue weighted by molar-refractivity contribution is 7.18. The number of oxazole rings is 1. The van der Waals surface area contributed by atoms with Gasteiger partial charge in [-0.05, 0) is 370 Å². The summed E-state index contributed by atoms with van der Waals surface area (Å²) in [4.78, 5) is 23.9. The molecular weight excluding hydrogens is 1140 g/mol. The van der Waals surface area contributed by atoms with Crippen LogP contribution in [0.2, 0.25) is 0 Å². The van der Waals surface area contributed by atoms with Crippen LogP contribution in [0.4, 0.5) is 5.69 Å². The predicted molar refractivity (Wildman–Crippen MR) is 398 cm³/mol. The number of aromatic nitrogens is 6. The molecule has 8 nitrogen and oxygen atoms in total. The zero-order valence-corrected chi connectivity index (χ0v) is 63.9. The molecule has 0 bridgehead atoms. The first-order valence-electron chi connectivity index (χ1n) is 33.4. The number of aliphatic imine (C=N–C) groups is 1. The first-order chi connectivity index (χ1) is 42.7. The smallest absolute Gasteiger partial charge is 0.192 e. The van der Waals surface area contributed by atoms with E-state index < -0.39 is 0 Å². The van der Waals surface area contributed by atoms with E-state index in [2.05, 4.69) is 260 Å². The van der Waals surface area contributed by atoms with Crippen molar-refractivity contribution in [3.8, 4) is 5.69 Å². The highest BCUT2D eigenvalue weighted by atomic mass is 32.1. The Labute approximate surface area is 556 Å². The molecule has 0 N–H and O–H groups in total. The minimum absolute atomic E-state index is 0.0998. The fourth-order valence-corrected chi connectivity index (χ4v) is 16.3. The lowest BCUT2D eigenvalue weighted by Crippen LogP contribution is -2.30. The number of fused-ring (bicyclic) bond motifs is 12. The maximum Gasteiger partial charge on any atom is 0.192 e. The molecule has 0 saturated carbocycles. The number of rotatable bonds is 0. The standard InChI is InChI=1S/C31H38N2.C15H21N.C13H18N2.C12H15NO.C12H15NS/c1-13-14(2)21(9)27-25(19(13)7)26-20(8)15(3)17(5)23(11)29(26)33-30-24(12)18(6)16(4)22(10)28(30)32-31(27)33;1-8-9(2)11(4)14-13(10(8)3)15(6,7)12(5)16-14;1-7-8(2)10(4)13-12(9(7)3)14-11(5)15(13)6;2*1-6-7(2)9(4)12-11(8(6)3)13-10(5)14-12/h25,27H,1-12H3;1-7H3;1-6H3;2*1-5H3. The van der Waals surface area contributed by atoms with Gasteiger partial charge in [0.1, 0.15) is 17.2 Å². The predicted octanol–water partition coefficient (Wildman–Crippen LogP) is 23.0. The first-order valence-corrected chi connectivity index (χ1v) is 34.2. The largest absolute Gasteiger partial charge is 0.441 e. The van der Waals surface area contributed by atoms with Gasteiger partial charge in [-0.2, -0.15) is 0 Å². The molecule has 92 heavy (non-hydrogen) atoms. The van der Waals surface area contributed by atoms with Crippen LogP contribution in [0.25, 0.3) is 49.1 Å². The van der Waals surface area contributed by atoms with E-state index in [1.807, 2.05) is 6.92 Å². The van der Waals surface area contributed by atoms with Gasteiger partial charge in [0, 0.05) is 36.9 Å². The summed E-state index contributed by atoms with van der Waals surface area (Å²) in [5.41, 5.74) is 53.7. The summed E-state index contributed by atoms with van der Waals surface area (Å²) >= 11 is 1.80. The fourth-order valence-electron chi connectivity index (χ4n) is 15.3. The molecule has 0 saturated heterocycles. The molecule has 0 radical (unpaired) electrons. The zero-order valence-electron chi connectivity index (χ0n) is 63.1. The van der Waals surface area contributed by atoms with Gasteiger partial charge in [-0.15, -0.1) is 11.3 Å². The van der Waals surface area contributed by atoms with Crippen molar-refractivity contribution in [3.63, 3.8) is 0 Å². The number of hydrogen-bond donors (Lipinski definition) is 0. The van der Waals surface area contributed by atoms with Gasteiger partial charge in [0.2, 0.25) is 0 Å². The fraction of sp³-hybridized carbons (Fsp3) is 0.458. The molecule has 486 valence electrons. The average Bonchev–Trinajstić information content (AvgIpc) is 1.38. The molecule has 4 aromatic heterocycles. The number of imidazole rings is 2. The van der Waals surface area contributed by atoms with Crippen LogP contribution in [0.5, 0.6) is 0 Å². The molecule has 2 atom stereocenters. The Morgan fingerprint density at radius 2 is 0.804 bits per heavy atom. The molecule has 6 heterocycles. The summed E-state index contributed by atoms with van der Waals surface area (Å²) in [7, 11) is 2.09. The molecule has 0 spiro atoms. The molecule has 1 aliphatic carbocycles. The monoisotopic (exact) mass is 1250 g/mol. The molecule has 6 aromatic carbocycles. The van der Waals surface area contributed by atoms with Crippen LogP contribution in [-0.2, 0) is 12.5 Å². The molecule has 3 aliphatic rings. The minimum atomic E-state index is 0.0998. The third kappa shape index (κ3) is 10.6. The van der Waals surface area contributed by atoms with Crippen LogP contribution in [0, 0.1) is 187 Å². The second kappa shape index (κ2) is 24.6. The summed E-state index contributed by atoms with van der Waals surface area (Å²) in [6.45, 7) is 75.2. The van der Waals surface area contributed by atoms with Crippen molar-refractivity contribution in [2.75, 3.05) is 0 Å².